The van der Waals surface area contributed by atoms with Crippen molar-refractivity contribution in [3.63, 3.8) is 0 Å². The van der Waals surface area contributed by atoms with Crippen LogP contribution in [0.1, 0.15) is 29.3 Å². The first-order valence-electron chi connectivity index (χ1n) is 7.59. The molecule has 1 fully saturated rings. The van der Waals surface area contributed by atoms with Crippen LogP contribution in [0.3, 0.4) is 0 Å². The second-order valence-electron chi connectivity index (χ2n) is 5.90. The van der Waals surface area contributed by atoms with Gasteiger partial charge in [-0.3, -0.25) is 9.36 Å². The first-order valence-corrected chi connectivity index (χ1v) is 8.41. The van der Waals surface area contributed by atoms with Gasteiger partial charge < -0.3 is 5.32 Å². The van der Waals surface area contributed by atoms with Gasteiger partial charge in [0.05, 0.1) is 5.69 Å². The maximum atomic E-state index is 12.2. The van der Waals surface area contributed by atoms with E-state index in [-0.39, 0.29) is 5.56 Å². The number of hydrogen-bond acceptors (Lipinski definition) is 4. The first-order chi connectivity index (χ1) is 11.2. The van der Waals surface area contributed by atoms with E-state index >= 15 is 0 Å². The van der Waals surface area contributed by atoms with Crippen LogP contribution in [0.2, 0.25) is 0 Å². The lowest BCUT2D eigenvalue weighted by molar-refractivity contribution is 0.745. The lowest BCUT2D eigenvalue weighted by Crippen LogP contribution is -2.16. The largest absolute Gasteiger partial charge is 0.353 e. The van der Waals surface area contributed by atoms with Crippen LogP contribution >= 0.6 is 11.3 Å². The fourth-order valence-corrected chi connectivity index (χ4v) is 3.97. The third-order valence-corrected chi connectivity index (χ3v) is 5.18. The molecule has 4 nitrogen and oxygen atoms in total. The number of hydrogen-bond donors (Lipinski definition) is 1. The third-order valence-electron chi connectivity index (χ3n) is 4.08. The van der Waals surface area contributed by atoms with E-state index in [9.17, 15) is 10.1 Å². The Bertz CT molecular complexity index is 1010. The average molecular weight is 321 g/mol. The van der Waals surface area contributed by atoms with E-state index in [1.165, 1.54) is 11.3 Å². The van der Waals surface area contributed by atoms with Gasteiger partial charge in [-0.15, -0.1) is 11.3 Å². The monoisotopic (exact) mass is 321 g/mol. The van der Waals surface area contributed by atoms with E-state index in [1.807, 2.05) is 41.8 Å². The highest BCUT2D eigenvalue weighted by Crippen LogP contribution is 2.41. The summed E-state index contributed by atoms with van der Waals surface area (Å²) in [7, 11) is 0. The molecular weight excluding hydrogens is 306 g/mol. The predicted molar refractivity (Wildman–Crippen MR) is 93.5 cm³/mol. The van der Waals surface area contributed by atoms with Gasteiger partial charge in [0.25, 0.3) is 5.56 Å². The molecule has 2 aromatic heterocycles. The molecule has 0 unspecified atom stereocenters. The minimum atomic E-state index is 0.0212. The van der Waals surface area contributed by atoms with Crippen molar-refractivity contribution in [1.29, 1.82) is 5.26 Å². The van der Waals surface area contributed by atoms with Gasteiger partial charge in [-0.25, -0.2) is 0 Å². The number of rotatable bonds is 3. The molecule has 1 aliphatic rings. The highest BCUT2D eigenvalue weighted by molar-refractivity contribution is 7.20. The molecular formula is C18H15N3OS. The van der Waals surface area contributed by atoms with Gasteiger partial charge in [0.1, 0.15) is 15.8 Å². The maximum Gasteiger partial charge on any atom is 0.251 e. The molecule has 0 aliphatic heterocycles. The maximum absolute atomic E-state index is 12.2. The zero-order chi connectivity index (χ0) is 16.0. The molecule has 0 saturated heterocycles. The smallest absolute Gasteiger partial charge is 0.251 e. The summed E-state index contributed by atoms with van der Waals surface area (Å²) in [5, 5.41) is 13.8. The van der Waals surface area contributed by atoms with Crippen LogP contribution in [0.4, 0.5) is 11.4 Å². The molecule has 0 spiro atoms. The highest BCUT2D eigenvalue weighted by Gasteiger charge is 2.28. The van der Waals surface area contributed by atoms with Crippen molar-refractivity contribution in [1.82, 2.24) is 4.57 Å². The van der Waals surface area contributed by atoms with E-state index in [0.717, 1.165) is 40.0 Å². The molecule has 0 bridgehead atoms. The van der Waals surface area contributed by atoms with E-state index in [1.54, 1.807) is 6.07 Å². The summed E-state index contributed by atoms with van der Waals surface area (Å²) in [5.74, 6) is 0. The molecule has 3 aromatic rings. The van der Waals surface area contributed by atoms with Gasteiger partial charge in [0, 0.05) is 23.2 Å². The van der Waals surface area contributed by atoms with Crippen molar-refractivity contribution in [2.45, 2.75) is 25.8 Å². The molecule has 23 heavy (non-hydrogen) atoms. The number of thiophene rings is 1. The van der Waals surface area contributed by atoms with Crippen LogP contribution < -0.4 is 10.9 Å². The Labute approximate surface area is 137 Å². The third kappa shape index (κ3) is 2.41. The van der Waals surface area contributed by atoms with E-state index < -0.39 is 0 Å². The van der Waals surface area contributed by atoms with Gasteiger partial charge in [-0.2, -0.15) is 5.26 Å². The SMILES string of the molecule is Cc1cccc(Nc2c(C#N)sc3c2ccc(=O)n3C2CC2)c1. The standard InChI is InChI=1S/C18H15N3OS/c1-11-3-2-4-12(9-11)20-17-14-7-8-16(22)21(13-5-6-13)18(14)23-15(17)10-19/h2-4,7-9,13,20H,5-6H2,1H3. The normalized spacial score (nSPS) is 13.9. The molecule has 4 rings (SSSR count). The lowest BCUT2D eigenvalue weighted by atomic mass is 10.2. The Morgan fingerprint density at radius 2 is 2.13 bits per heavy atom. The molecule has 1 aliphatic carbocycles. The molecule has 0 radical (unpaired) electrons. The molecule has 5 heteroatoms. The van der Waals surface area contributed by atoms with Crippen molar-refractivity contribution in [2.24, 2.45) is 0 Å². The van der Waals surface area contributed by atoms with Crippen molar-refractivity contribution < 1.29 is 0 Å². The van der Waals surface area contributed by atoms with Crippen molar-refractivity contribution in [3.8, 4) is 6.07 Å². The molecule has 0 amide bonds. The Hall–Kier alpha value is -2.58. The van der Waals surface area contributed by atoms with Gasteiger partial charge in [0.2, 0.25) is 0 Å². The minimum absolute atomic E-state index is 0.0212. The summed E-state index contributed by atoms with van der Waals surface area (Å²) in [4.78, 5) is 13.7. The van der Waals surface area contributed by atoms with Crippen molar-refractivity contribution in [2.75, 3.05) is 5.32 Å². The lowest BCUT2D eigenvalue weighted by Gasteiger charge is -2.08. The zero-order valence-electron chi connectivity index (χ0n) is 12.7. The average Bonchev–Trinajstić information content (AvgIpc) is 3.30. The molecule has 2 heterocycles. The van der Waals surface area contributed by atoms with Crippen molar-refractivity contribution in [3.05, 3.63) is 57.2 Å². The second kappa shape index (κ2) is 5.25. The van der Waals surface area contributed by atoms with Crippen LogP contribution in [0.5, 0.6) is 0 Å². The Kier molecular flexibility index (Phi) is 3.21. The number of nitriles is 1. The number of fused-ring (bicyclic) bond motifs is 1. The van der Waals surface area contributed by atoms with Gasteiger partial charge in [-0.05, 0) is 43.5 Å². The Balaban J connectivity index is 1.90. The summed E-state index contributed by atoms with van der Waals surface area (Å²) >= 11 is 1.40. The highest BCUT2D eigenvalue weighted by atomic mass is 32.1. The van der Waals surface area contributed by atoms with Gasteiger partial charge in [-0.1, -0.05) is 12.1 Å². The summed E-state index contributed by atoms with van der Waals surface area (Å²) in [6.45, 7) is 2.03. The summed E-state index contributed by atoms with van der Waals surface area (Å²) in [6.07, 6.45) is 2.08. The number of aromatic nitrogens is 1. The summed E-state index contributed by atoms with van der Waals surface area (Å²) < 4.78 is 1.85. The van der Waals surface area contributed by atoms with Gasteiger partial charge >= 0.3 is 0 Å². The second-order valence-corrected chi connectivity index (χ2v) is 6.90. The van der Waals surface area contributed by atoms with Crippen LogP contribution in [0.25, 0.3) is 10.2 Å². The van der Waals surface area contributed by atoms with Gasteiger partial charge in [0.15, 0.2) is 0 Å². The topological polar surface area (TPSA) is 57.8 Å². The predicted octanol–water partition coefficient (Wildman–Crippen LogP) is 4.32. The zero-order valence-corrected chi connectivity index (χ0v) is 13.5. The molecule has 1 N–H and O–H groups in total. The first kappa shape index (κ1) is 14.0. The Morgan fingerprint density at radius 1 is 1.30 bits per heavy atom. The van der Waals surface area contributed by atoms with E-state index in [4.69, 9.17) is 0 Å². The number of aryl methyl sites for hydroxylation is 1. The number of benzene rings is 1. The number of pyridine rings is 1. The molecule has 0 atom stereocenters. The Morgan fingerprint density at radius 3 is 2.83 bits per heavy atom. The van der Waals surface area contributed by atoms with E-state index in [0.29, 0.717) is 10.9 Å². The van der Waals surface area contributed by atoms with Crippen molar-refractivity contribution >= 4 is 32.9 Å². The fourth-order valence-electron chi connectivity index (χ4n) is 2.85. The van der Waals surface area contributed by atoms with E-state index in [2.05, 4.69) is 11.4 Å². The number of nitrogens with zero attached hydrogens (tertiary/aromatic N) is 2. The molecule has 1 saturated carbocycles. The minimum Gasteiger partial charge on any atom is -0.353 e. The van der Waals surface area contributed by atoms with Crippen LogP contribution in [-0.4, -0.2) is 4.57 Å². The number of anilines is 2. The quantitative estimate of drug-likeness (QED) is 0.781. The molecule has 1 aromatic carbocycles. The van der Waals surface area contributed by atoms with Crippen LogP contribution in [0.15, 0.2) is 41.2 Å². The van der Waals surface area contributed by atoms with Crippen LogP contribution in [0, 0.1) is 18.3 Å². The fraction of sp³-hybridized carbons (Fsp3) is 0.222. The van der Waals surface area contributed by atoms with Crippen LogP contribution in [-0.2, 0) is 0 Å². The summed E-state index contributed by atoms with van der Waals surface area (Å²) in [5.41, 5.74) is 2.92. The molecule has 114 valence electrons. The number of nitrogens with one attached hydrogen (secondary N) is 1. The summed E-state index contributed by atoms with van der Waals surface area (Å²) in [6, 6.07) is 14.0.